The van der Waals surface area contributed by atoms with Crippen LogP contribution in [0.4, 0.5) is 0 Å². The van der Waals surface area contributed by atoms with E-state index in [-0.39, 0.29) is 5.97 Å². The molecule has 1 unspecified atom stereocenters. The average Bonchev–Trinajstić information content (AvgIpc) is 1.65. The first-order valence-electron chi connectivity index (χ1n) is 2.20. The molecule has 0 aromatic heterocycles. The SMILES string of the molecule is CC(=O)OC(N)CS. The smallest absolute Gasteiger partial charge is 0.304 e. The van der Waals surface area contributed by atoms with Gasteiger partial charge in [0.15, 0.2) is 6.23 Å². The van der Waals surface area contributed by atoms with Crippen molar-refractivity contribution in [2.75, 3.05) is 5.75 Å². The number of thiol groups is 1. The monoisotopic (exact) mass is 135 g/mol. The normalized spacial score (nSPS) is 12.9. The van der Waals surface area contributed by atoms with Gasteiger partial charge < -0.3 is 4.74 Å². The highest BCUT2D eigenvalue weighted by Gasteiger charge is 1.99. The molecule has 4 heteroatoms. The van der Waals surface area contributed by atoms with Crippen LogP contribution in [-0.2, 0) is 9.53 Å². The summed E-state index contributed by atoms with van der Waals surface area (Å²) in [5.41, 5.74) is 5.15. The minimum absolute atomic E-state index is 0.361. The second-order valence-corrected chi connectivity index (χ2v) is 1.70. The molecule has 0 aliphatic carbocycles. The fraction of sp³-hybridized carbons (Fsp3) is 0.750. The van der Waals surface area contributed by atoms with Crippen LogP contribution in [0.1, 0.15) is 6.92 Å². The third kappa shape index (κ3) is 3.95. The highest BCUT2D eigenvalue weighted by Crippen LogP contribution is 1.85. The van der Waals surface area contributed by atoms with Crippen LogP contribution < -0.4 is 5.73 Å². The number of ether oxygens (including phenoxy) is 1. The molecule has 2 N–H and O–H groups in total. The van der Waals surface area contributed by atoms with Crippen molar-refractivity contribution in [2.45, 2.75) is 13.2 Å². The number of rotatable bonds is 2. The molecule has 0 aliphatic rings. The molecule has 0 amide bonds. The molecule has 3 nitrogen and oxygen atoms in total. The fourth-order valence-electron chi connectivity index (χ4n) is 0.250. The van der Waals surface area contributed by atoms with E-state index in [1.54, 1.807) is 0 Å². The standard InChI is InChI=1S/C4H9NO2S/c1-3(6)7-4(5)2-8/h4,8H,2,5H2,1H3. The summed E-state index contributed by atoms with van der Waals surface area (Å²) >= 11 is 3.79. The van der Waals surface area contributed by atoms with Crippen LogP contribution in [0.3, 0.4) is 0 Å². The van der Waals surface area contributed by atoms with Gasteiger partial charge in [-0.2, -0.15) is 12.6 Å². The molecule has 1 atom stereocenters. The lowest BCUT2D eigenvalue weighted by atomic mass is 10.7. The summed E-state index contributed by atoms with van der Waals surface area (Å²) in [6.07, 6.45) is -0.559. The van der Waals surface area contributed by atoms with Crippen molar-refractivity contribution in [3.8, 4) is 0 Å². The Morgan fingerprint density at radius 2 is 2.50 bits per heavy atom. The van der Waals surface area contributed by atoms with E-state index >= 15 is 0 Å². The van der Waals surface area contributed by atoms with E-state index in [0.29, 0.717) is 5.75 Å². The number of hydrogen-bond acceptors (Lipinski definition) is 4. The van der Waals surface area contributed by atoms with Gasteiger partial charge >= 0.3 is 5.97 Å². The molecule has 0 aliphatic heterocycles. The minimum Gasteiger partial charge on any atom is -0.446 e. The van der Waals surface area contributed by atoms with Crippen molar-refractivity contribution in [3.05, 3.63) is 0 Å². The molecular formula is C4H9NO2S. The average molecular weight is 135 g/mol. The van der Waals surface area contributed by atoms with Crippen LogP contribution in [0.15, 0.2) is 0 Å². The first kappa shape index (κ1) is 7.78. The lowest BCUT2D eigenvalue weighted by Crippen LogP contribution is -2.27. The van der Waals surface area contributed by atoms with E-state index in [9.17, 15) is 4.79 Å². The van der Waals surface area contributed by atoms with Crippen LogP contribution in [0.25, 0.3) is 0 Å². The first-order chi connectivity index (χ1) is 3.66. The van der Waals surface area contributed by atoms with Crippen molar-refractivity contribution in [2.24, 2.45) is 5.73 Å². The topological polar surface area (TPSA) is 52.3 Å². The van der Waals surface area contributed by atoms with E-state index < -0.39 is 6.23 Å². The summed E-state index contributed by atoms with van der Waals surface area (Å²) in [5, 5.41) is 0. The Bertz CT molecular complexity index is 86.1. The molecule has 0 bridgehead atoms. The predicted octanol–water partition coefficient (Wildman–Crippen LogP) is -0.236. The Morgan fingerprint density at radius 3 is 2.62 bits per heavy atom. The molecule has 0 spiro atoms. The molecule has 0 aromatic rings. The van der Waals surface area contributed by atoms with Gasteiger partial charge in [-0.05, 0) is 0 Å². The van der Waals surface area contributed by atoms with Crippen LogP contribution in [0.2, 0.25) is 0 Å². The third-order valence-corrected chi connectivity index (χ3v) is 0.857. The Kier molecular flexibility index (Phi) is 3.64. The molecule has 8 heavy (non-hydrogen) atoms. The van der Waals surface area contributed by atoms with Gasteiger partial charge in [0.25, 0.3) is 0 Å². The van der Waals surface area contributed by atoms with Gasteiger partial charge in [0.1, 0.15) is 0 Å². The van der Waals surface area contributed by atoms with Gasteiger partial charge in [-0.25, -0.2) is 0 Å². The Labute approximate surface area is 53.6 Å². The van der Waals surface area contributed by atoms with Gasteiger partial charge in [-0.3, -0.25) is 10.5 Å². The quantitative estimate of drug-likeness (QED) is 0.312. The van der Waals surface area contributed by atoms with Crippen molar-refractivity contribution in [1.82, 2.24) is 0 Å². The minimum atomic E-state index is -0.559. The zero-order valence-electron chi connectivity index (χ0n) is 4.63. The van der Waals surface area contributed by atoms with E-state index in [4.69, 9.17) is 5.73 Å². The first-order valence-corrected chi connectivity index (χ1v) is 2.83. The fourth-order valence-corrected chi connectivity index (χ4v) is 0.325. The van der Waals surface area contributed by atoms with Crippen LogP contribution >= 0.6 is 12.6 Å². The summed E-state index contributed by atoms with van der Waals surface area (Å²) < 4.78 is 4.46. The summed E-state index contributed by atoms with van der Waals surface area (Å²) in [4.78, 5) is 10.1. The van der Waals surface area contributed by atoms with Crippen LogP contribution in [-0.4, -0.2) is 18.0 Å². The lowest BCUT2D eigenvalue weighted by molar-refractivity contribution is -0.144. The Hall–Kier alpha value is -0.220. The summed E-state index contributed by atoms with van der Waals surface area (Å²) in [6.45, 7) is 1.31. The molecule has 0 rings (SSSR count). The molecular weight excluding hydrogens is 126 g/mol. The summed E-state index contributed by atoms with van der Waals surface area (Å²) in [6, 6.07) is 0. The summed E-state index contributed by atoms with van der Waals surface area (Å²) in [5.74, 6) is -0.00824. The number of carbonyl (C=O) groups is 1. The summed E-state index contributed by atoms with van der Waals surface area (Å²) in [7, 11) is 0. The molecule has 0 radical (unpaired) electrons. The molecule has 0 heterocycles. The van der Waals surface area contributed by atoms with Gasteiger partial charge in [0.2, 0.25) is 0 Å². The highest BCUT2D eigenvalue weighted by molar-refractivity contribution is 7.80. The number of carbonyl (C=O) groups excluding carboxylic acids is 1. The second kappa shape index (κ2) is 3.74. The van der Waals surface area contributed by atoms with E-state index in [1.165, 1.54) is 6.92 Å². The maximum Gasteiger partial charge on any atom is 0.304 e. The van der Waals surface area contributed by atoms with Crippen LogP contribution in [0, 0.1) is 0 Å². The number of nitrogens with two attached hydrogens (primary N) is 1. The number of hydrogen-bond donors (Lipinski definition) is 2. The van der Waals surface area contributed by atoms with Gasteiger partial charge in [-0.1, -0.05) is 0 Å². The van der Waals surface area contributed by atoms with Gasteiger partial charge in [0.05, 0.1) is 0 Å². The van der Waals surface area contributed by atoms with Crippen molar-refractivity contribution < 1.29 is 9.53 Å². The maximum absolute atomic E-state index is 10.1. The van der Waals surface area contributed by atoms with Gasteiger partial charge in [-0.15, -0.1) is 0 Å². The molecule has 0 saturated carbocycles. The predicted molar refractivity (Wildman–Crippen MR) is 33.6 cm³/mol. The van der Waals surface area contributed by atoms with Crippen molar-refractivity contribution >= 4 is 18.6 Å². The lowest BCUT2D eigenvalue weighted by Gasteiger charge is -2.06. The number of esters is 1. The Balaban J connectivity index is 3.24. The zero-order valence-corrected chi connectivity index (χ0v) is 5.52. The third-order valence-electron chi connectivity index (χ3n) is 0.497. The highest BCUT2D eigenvalue weighted by atomic mass is 32.1. The molecule has 48 valence electrons. The van der Waals surface area contributed by atoms with Gasteiger partial charge in [0, 0.05) is 12.7 Å². The molecule has 0 aromatic carbocycles. The largest absolute Gasteiger partial charge is 0.446 e. The van der Waals surface area contributed by atoms with Crippen molar-refractivity contribution in [1.29, 1.82) is 0 Å². The molecule has 0 fully saturated rings. The zero-order chi connectivity index (χ0) is 6.57. The maximum atomic E-state index is 10.1. The van der Waals surface area contributed by atoms with E-state index in [1.807, 2.05) is 0 Å². The van der Waals surface area contributed by atoms with Crippen LogP contribution in [0.5, 0.6) is 0 Å². The Morgan fingerprint density at radius 1 is 2.00 bits per heavy atom. The van der Waals surface area contributed by atoms with E-state index in [0.717, 1.165) is 0 Å². The second-order valence-electron chi connectivity index (χ2n) is 1.33. The molecule has 0 saturated heterocycles. The van der Waals surface area contributed by atoms with E-state index in [2.05, 4.69) is 17.4 Å². The van der Waals surface area contributed by atoms with Crippen molar-refractivity contribution in [3.63, 3.8) is 0 Å².